The molecular formula is C25H21F2N5O. The van der Waals surface area contributed by atoms with Crippen molar-refractivity contribution >= 4 is 34.7 Å². The van der Waals surface area contributed by atoms with Gasteiger partial charge in [-0.1, -0.05) is 23.8 Å². The molecule has 166 valence electrons. The van der Waals surface area contributed by atoms with Crippen molar-refractivity contribution in [2.45, 2.75) is 13.8 Å². The second kappa shape index (κ2) is 9.44. The number of hydrogen-bond donors (Lipinski definition) is 3. The van der Waals surface area contributed by atoms with E-state index in [2.05, 4.69) is 25.9 Å². The first kappa shape index (κ1) is 21.9. The van der Waals surface area contributed by atoms with Crippen molar-refractivity contribution in [1.82, 2.24) is 9.97 Å². The number of aryl methyl sites for hydroxylation is 2. The number of halogens is 2. The second-order valence-corrected chi connectivity index (χ2v) is 7.46. The Morgan fingerprint density at radius 2 is 1.33 bits per heavy atom. The molecule has 8 heteroatoms. The molecule has 0 fully saturated rings. The Hall–Kier alpha value is -4.33. The Morgan fingerprint density at radius 1 is 0.758 bits per heavy atom. The molecule has 0 spiro atoms. The van der Waals surface area contributed by atoms with E-state index >= 15 is 0 Å². The Morgan fingerprint density at radius 3 is 2.00 bits per heavy atom. The van der Waals surface area contributed by atoms with Crippen molar-refractivity contribution in [2.75, 3.05) is 16.0 Å². The average Bonchev–Trinajstić information content (AvgIpc) is 2.76. The number of amides is 1. The molecular weight excluding hydrogens is 424 g/mol. The van der Waals surface area contributed by atoms with Gasteiger partial charge in [0.1, 0.15) is 23.0 Å². The highest BCUT2D eigenvalue weighted by atomic mass is 19.1. The van der Waals surface area contributed by atoms with Gasteiger partial charge < -0.3 is 16.0 Å². The summed E-state index contributed by atoms with van der Waals surface area (Å²) >= 11 is 0. The molecule has 0 atom stereocenters. The van der Waals surface area contributed by atoms with E-state index in [-0.39, 0.29) is 0 Å². The molecule has 3 N–H and O–H groups in total. The minimum Gasteiger partial charge on any atom is -0.340 e. The fourth-order valence-corrected chi connectivity index (χ4v) is 3.15. The van der Waals surface area contributed by atoms with Crippen molar-refractivity contribution in [3.8, 4) is 0 Å². The Balaban J connectivity index is 1.45. The third-order valence-corrected chi connectivity index (χ3v) is 4.77. The molecule has 0 aliphatic carbocycles. The Kier molecular flexibility index (Phi) is 6.26. The van der Waals surface area contributed by atoms with E-state index in [1.54, 1.807) is 30.3 Å². The zero-order chi connectivity index (χ0) is 23.4. The number of hydrogen-bond acceptors (Lipinski definition) is 5. The lowest BCUT2D eigenvalue weighted by molar-refractivity contribution is 0.101. The van der Waals surface area contributed by atoms with Crippen molar-refractivity contribution in [1.29, 1.82) is 0 Å². The van der Waals surface area contributed by atoms with Crippen LogP contribution < -0.4 is 16.0 Å². The first-order chi connectivity index (χ1) is 15.9. The highest BCUT2D eigenvalue weighted by Gasteiger charge is 2.17. The van der Waals surface area contributed by atoms with Gasteiger partial charge in [0, 0.05) is 28.8 Å². The normalized spacial score (nSPS) is 10.5. The van der Waals surface area contributed by atoms with Crippen molar-refractivity contribution < 1.29 is 13.6 Å². The van der Waals surface area contributed by atoms with Gasteiger partial charge in [-0.25, -0.2) is 13.8 Å². The monoisotopic (exact) mass is 445 g/mol. The lowest BCUT2D eigenvalue weighted by atomic mass is 10.1. The quantitative estimate of drug-likeness (QED) is 0.334. The summed E-state index contributed by atoms with van der Waals surface area (Å²) < 4.78 is 27.6. The third kappa shape index (κ3) is 5.48. The van der Waals surface area contributed by atoms with E-state index in [0.717, 1.165) is 29.1 Å². The van der Waals surface area contributed by atoms with Crippen LogP contribution in [0.4, 0.5) is 37.6 Å². The van der Waals surface area contributed by atoms with Crippen LogP contribution in [0, 0.1) is 25.5 Å². The molecule has 0 aliphatic rings. The van der Waals surface area contributed by atoms with E-state index in [1.165, 1.54) is 6.07 Å². The predicted molar refractivity (Wildman–Crippen MR) is 125 cm³/mol. The van der Waals surface area contributed by atoms with Gasteiger partial charge in [0.2, 0.25) is 5.95 Å². The summed E-state index contributed by atoms with van der Waals surface area (Å²) in [7, 11) is 0. The van der Waals surface area contributed by atoms with E-state index in [1.807, 2.05) is 38.1 Å². The number of benzene rings is 3. The summed E-state index contributed by atoms with van der Waals surface area (Å²) in [4.78, 5) is 21.1. The molecule has 0 saturated heterocycles. The molecule has 1 aromatic heterocycles. The molecule has 4 aromatic rings. The lowest BCUT2D eigenvalue weighted by Crippen LogP contribution is -2.15. The molecule has 0 radical (unpaired) electrons. The van der Waals surface area contributed by atoms with Gasteiger partial charge in [0.25, 0.3) is 5.91 Å². The standard InChI is InChI=1S/C25H21F2N5O/c1-15-6-8-19(9-7-15)31-25-28-16(2)14-22(32-25)29-17-10-12-18(13-11-17)30-24(33)23-20(26)4-3-5-21(23)27/h3-14H,1-2H3,(H,30,33)(H2,28,29,31,32). The molecule has 3 aromatic carbocycles. The van der Waals surface area contributed by atoms with Gasteiger partial charge in [-0.3, -0.25) is 4.79 Å². The molecule has 33 heavy (non-hydrogen) atoms. The van der Waals surface area contributed by atoms with Crippen LogP contribution in [0.3, 0.4) is 0 Å². The smallest absolute Gasteiger partial charge is 0.261 e. The molecule has 0 bridgehead atoms. The number of carbonyl (C=O) groups is 1. The lowest BCUT2D eigenvalue weighted by Gasteiger charge is -2.11. The van der Waals surface area contributed by atoms with Crippen molar-refractivity contribution in [3.63, 3.8) is 0 Å². The van der Waals surface area contributed by atoms with Gasteiger partial charge in [0.15, 0.2) is 0 Å². The molecule has 1 amide bonds. The Labute approximate surface area is 189 Å². The van der Waals surface area contributed by atoms with Crippen LogP contribution in [-0.4, -0.2) is 15.9 Å². The number of nitrogens with one attached hydrogen (secondary N) is 3. The van der Waals surface area contributed by atoms with E-state index in [0.29, 0.717) is 23.1 Å². The van der Waals surface area contributed by atoms with E-state index < -0.39 is 23.1 Å². The second-order valence-electron chi connectivity index (χ2n) is 7.46. The van der Waals surface area contributed by atoms with Crippen LogP contribution in [0.5, 0.6) is 0 Å². The minimum atomic E-state index is -0.917. The molecule has 0 aliphatic heterocycles. The summed E-state index contributed by atoms with van der Waals surface area (Å²) in [6.45, 7) is 3.89. The van der Waals surface area contributed by atoms with Crippen molar-refractivity contribution in [2.24, 2.45) is 0 Å². The van der Waals surface area contributed by atoms with Gasteiger partial charge in [-0.05, 0) is 62.4 Å². The fourth-order valence-electron chi connectivity index (χ4n) is 3.15. The van der Waals surface area contributed by atoms with Crippen LogP contribution in [-0.2, 0) is 0 Å². The minimum absolute atomic E-state index is 0.397. The third-order valence-electron chi connectivity index (χ3n) is 4.77. The molecule has 0 unspecified atom stereocenters. The number of nitrogens with zero attached hydrogens (tertiary/aromatic N) is 2. The molecule has 0 saturated carbocycles. The average molecular weight is 445 g/mol. The van der Waals surface area contributed by atoms with E-state index in [9.17, 15) is 13.6 Å². The molecule has 4 rings (SSSR count). The van der Waals surface area contributed by atoms with Crippen LogP contribution in [0.25, 0.3) is 0 Å². The maximum atomic E-state index is 13.8. The largest absolute Gasteiger partial charge is 0.340 e. The van der Waals surface area contributed by atoms with Crippen molar-refractivity contribution in [3.05, 3.63) is 101 Å². The topological polar surface area (TPSA) is 78.9 Å². The predicted octanol–water partition coefficient (Wildman–Crippen LogP) is 6.11. The van der Waals surface area contributed by atoms with Crippen LogP contribution in [0.2, 0.25) is 0 Å². The molecule has 6 nitrogen and oxygen atoms in total. The first-order valence-corrected chi connectivity index (χ1v) is 10.2. The summed E-state index contributed by atoms with van der Waals surface area (Å²) in [5, 5.41) is 8.87. The Bertz CT molecular complexity index is 1270. The fraction of sp³-hybridized carbons (Fsp3) is 0.0800. The van der Waals surface area contributed by atoms with Crippen LogP contribution in [0.15, 0.2) is 72.8 Å². The zero-order valence-electron chi connectivity index (χ0n) is 18.0. The number of rotatable bonds is 6. The maximum Gasteiger partial charge on any atom is 0.261 e. The number of aromatic nitrogens is 2. The number of carbonyl (C=O) groups excluding carboxylic acids is 1. The van der Waals surface area contributed by atoms with Gasteiger partial charge in [-0.15, -0.1) is 0 Å². The van der Waals surface area contributed by atoms with Gasteiger partial charge in [0.05, 0.1) is 0 Å². The van der Waals surface area contributed by atoms with Gasteiger partial charge in [-0.2, -0.15) is 4.98 Å². The summed E-state index contributed by atoms with van der Waals surface area (Å²) in [6.07, 6.45) is 0. The van der Waals surface area contributed by atoms with Crippen LogP contribution in [0.1, 0.15) is 21.6 Å². The summed E-state index contributed by atoms with van der Waals surface area (Å²) in [5.41, 5.74) is 3.30. The highest BCUT2D eigenvalue weighted by molar-refractivity contribution is 6.04. The molecule has 1 heterocycles. The summed E-state index contributed by atoms with van der Waals surface area (Å²) in [5.74, 6) is -1.65. The van der Waals surface area contributed by atoms with Gasteiger partial charge >= 0.3 is 0 Å². The van der Waals surface area contributed by atoms with Crippen LogP contribution >= 0.6 is 0 Å². The maximum absolute atomic E-state index is 13.8. The highest BCUT2D eigenvalue weighted by Crippen LogP contribution is 2.22. The number of anilines is 5. The SMILES string of the molecule is Cc1ccc(Nc2nc(C)cc(Nc3ccc(NC(=O)c4c(F)cccc4F)cc3)n2)cc1. The summed E-state index contributed by atoms with van der Waals surface area (Å²) in [6, 6.07) is 19.7. The first-order valence-electron chi connectivity index (χ1n) is 10.2. The zero-order valence-corrected chi connectivity index (χ0v) is 18.0. The van der Waals surface area contributed by atoms with E-state index in [4.69, 9.17) is 0 Å².